The van der Waals surface area contributed by atoms with E-state index in [0.717, 1.165) is 38.0 Å². The second-order valence-electron chi connectivity index (χ2n) is 6.61. The van der Waals surface area contributed by atoms with Crippen molar-refractivity contribution in [2.75, 3.05) is 19.6 Å². The highest BCUT2D eigenvalue weighted by Crippen LogP contribution is 2.50. The van der Waals surface area contributed by atoms with Crippen LogP contribution in [0.2, 0.25) is 0 Å². The van der Waals surface area contributed by atoms with Crippen LogP contribution in [0.4, 0.5) is 0 Å². The second-order valence-corrected chi connectivity index (χ2v) is 6.61. The first-order chi connectivity index (χ1) is 10.6. The average Bonchev–Trinajstić information content (AvgIpc) is 3.00. The van der Waals surface area contributed by atoms with Gasteiger partial charge >= 0.3 is 0 Å². The molecule has 1 aromatic carbocycles. The zero-order valence-corrected chi connectivity index (χ0v) is 14.2. The Kier molecular flexibility index (Phi) is 5.67. The van der Waals surface area contributed by atoms with Crippen LogP contribution in [0.25, 0.3) is 0 Å². The Balaban J connectivity index is 2.33. The Hall–Kier alpha value is -1.30. The predicted octanol–water partition coefficient (Wildman–Crippen LogP) is 3.80. The SMILES string of the molecule is CCN(CC)CC#C[C@](O)(c1ccccc1)C1(C)CCCC1. The van der Waals surface area contributed by atoms with E-state index in [2.05, 4.69) is 37.5 Å². The maximum absolute atomic E-state index is 11.5. The minimum absolute atomic E-state index is 0.148. The van der Waals surface area contributed by atoms with E-state index >= 15 is 0 Å². The molecule has 1 N–H and O–H groups in total. The third-order valence-electron chi connectivity index (χ3n) is 5.24. The fraction of sp³-hybridized carbons (Fsp3) is 0.600. The van der Waals surface area contributed by atoms with Gasteiger partial charge in [0.2, 0.25) is 0 Å². The van der Waals surface area contributed by atoms with Crippen LogP contribution in [-0.2, 0) is 5.60 Å². The molecule has 0 aliphatic heterocycles. The largest absolute Gasteiger partial charge is 0.373 e. The van der Waals surface area contributed by atoms with Crippen LogP contribution in [0.1, 0.15) is 52.0 Å². The van der Waals surface area contributed by atoms with Crippen molar-refractivity contribution in [3.63, 3.8) is 0 Å². The highest BCUT2D eigenvalue weighted by atomic mass is 16.3. The molecule has 1 aliphatic carbocycles. The summed E-state index contributed by atoms with van der Waals surface area (Å²) >= 11 is 0. The van der Waals surface area contributed by atoms with Gasteiger partial charge < -0.3 is 5.11 Å². The number of hydrogen-bond acceptors (Lipinski definition) is 2. The van der Waals surface area contributed by atoms with Crippen LogP contribution < -0.4 is 0 Å². The van der Waals surface area contributed by atoms with Gasteiger partial charge in [-0.05, 0) is 31.5 Å². The van der Waals surface area contributed by atoms with Crippen LogP contribution in [0, 0.1) is 17.3 Å². The maximum Gasteiger partial charge on any atom is 0.156 e. The van der Waals surface area contributed by atoms with E-state index in [1.807, 2.05) is 30.3 Å². The number of hydrogen-bond donors (Lipinski definition) is 1. The standard InChI is InChI=1S/C20H29NO/c1-4-21(5-2)17-11-16-20(22,18-12-7-6-8-13-18)19(3)14-9-10-15-19/h6-8,12-13,22H,4-5,9-10,14-15,17H2,1-3H3/t20-/m0/s1. The smallest absolute Gasteiger partial charge is 0.156 e. The summed E-state index contributed by atoms with van der Waals surface area (Å²) in [7, 11) is 0. The second kappa shape index (κ2) is 7.31. The lowest BCUT2D eigenvalue weighted by molar-refractivity contribution is -0.0278. The van der Waals surface area contributed by atoms with Crippen LogP contribution in [-0.4, -0.2) is 29.6 Å². The third-order valence-corrected chi connectivity index (χ3v) is 5.24. The third kappa shape index (κ3) is 3.37. The van der Waals surface area contributed by atoms with Crippen LogP contribution in [0.3, 0.4) is 0 Å². The van der Waals surface area contributed by atoms with Gasteiger partial charge in [-0.1, -0.05) is 75.8 Å². The molecule has 0 aromatic heterocycles. The van der Waals surface area contributed by atoms with Gasteiger partial charge in [-0.3, -0.25) is 4.90 Å². The van der Waals surface area contributed by atoms with Crippen molar-refractivity contribution in [2.45, 2.75) is 52.1 Å². The Bertz CT molecular complexity index is 518. The quantitative estimate of drug-likeness (QED) is 0.836. The molecule has 2 heteroatoms. The molecule has 0 radical (unpaired) electrons. The molecule has 120 valence electrons. The molecule has 0 heterocycles. The molecule has 0 spiro atoms. The molecule has 0 unspecified atom stereocenters. The number of nitrogens with zero attached hydrogens (tertiary/aromatic N) is 1. The van der Waals surface area contributed by atoms with Crippen LogP contribution in [0.15, 0.2) is 30.3 Å². The first kappa shape index (κ1) is 17.1. The van der Waals surface area contributed by atoms with E-state index < -0.39 is 5.60 Å². The number of benzene rings is 1. The molecule has 1 saturated carbocycles. The summed E-state index contributed by atoms with van der Waals surface area (Å²) in [5, 5.41) is 11.5. The van der Waals surface area contributed by atoms with Gasteiger partial charge in [-0.15, -0.1) is 0 Å². The number of rotatable bonds is 5. The van der Waals surface area contributed by atoms with Gasteiger partial charge in [0.15, 0.2) is 5.60 Å². The van der Waals surface area contributed by atoms with Gasteiger partial charge in [0.25, 0.3) is 0 Å². The molecule has 1 fully saturated rings. The van der Waals surface area contributed by atoms with Crippen molar-refractivity contribution in [3.8, 4) is 11.8 Å². The summed E-state index contributed by atoms with van der Waals surface area (Å²) < 4.78 is 0. The summed E-state index contributed by atoms with van der Waals surface area (Å²) in [4.78, 5) is 2.27. The first-order valence-electron chi connectivity index (χ1n) is 8.56. The van der Waals surface area contributed by atoms with E-state index in [1.165, 1.54) is 12.8 Å². The lowest BCUT2D eigenvalue weighted by Crippen LogP contribution is -2.41. The molecule has 1 atom stereocenters. The zero-order chi connectivity index (χ0) is 16.1. The molecule has 0 bridgehead atoms. The van der Waals surface area contributed by atoms with Crippen LogP contribution in [0.5, 0.6) is 0 Å². The molecule has 0 saturated heterocycles. The van der Waals surface area contributed by atoms with Crippen molar-refractivity contribution in [1.82, 2.24) is 4.90 Å². The Morgan fingerprint density at radius 3 is 2.27 bits per heavy atom. The maximum atomic E-state index is 11.5. The average molecular weight is 299 g/mol. The molecule has 22 heavy (non-hydrogen) atoms. The first-order valence-corrected chi connectivity index (χ1v) is 8.56. The van der Waals surface area contributed by atoms with Gasteiger partial charge in [-0.2, -0.15) is 0 Å². The molecular weight excluding hydrogens is 270 g/mol. The molecule has 2 nitrogen and oxygen atoms in total. The van der Waals surface area contributed by atoms with E-state index in [4.69, 9.17) is 0 Å². The summed E-state index contributed by atoms with van der Waals surface area (Å²) in [6.45, 7) is 9.19. The summed E-state index contributed by atoms with van der Waals surface area (Å²) in [5.74, 6) is 6.51. The van der Waals surface area contributed by atoms with E-state index in [0.29, 0.717) is 0 Å². The van der Waals surface area contributed by atoms with Crippen molar-refractivity contribution < 1.29 is 5.11 Å². The van der Waals surface area contributed by atoms with Gasteiger partial charge in [-0.25, -0.2) is 0 Å². The lowest BCUT2D eigenvalue weighted by Gasteiger charge is -2.39. The van der Waals surface area contributed by atoms with Gasteiger partial charge in [0.1, 0.15) is 0 Å². The van der Waals surface area contributed by atoms with E-state index in [1.54, 1.807) is 0 Å². The normalized spacial score (nSPS) is 19.5. The van der Waals surface area contributed by atoms with Crippen LogP contribution >= 0.6 is 0 Å². The lowest BCUT2D eigenvalue weighted by atomic mass is 9.68. The van der Waals surface area contributed by atoms with E-state index in [-0.39, 0.29) is 5.41 Å². The Morgan fingerprint density at radius 2 is 1.73 bits per heavy atom. The molecule has 2 rings (SSSR count). The van der Waals surface area contributed by atoms with Gasteiger partial charge in [0, 0.05) is 5.41 Å². The highest BCUT2D eigenvalue weighted by molar-refractivity contribution is 5.35. The summed E-state index contributed by atoms with van der Waals surface area (Å²) in [5.41, 5.74) is -0.255. The fourth-order valence-corrected chi connectivity index (χ4v) is 3.49. The monoisotopic (exact) mass is 299 g/mol. The molecule has 0 amide bonds. The van der Waals surface area contributed by atoms with Gasteiger partial charge in [0.05, 0.1) is 6.54 Å². The van der Waals surface area contributed by atoms with Crippen molar-refractivity contribution in [2.24, 2.45) is 5.41 Å². The molecular formula is C20H29NO. The fourth-order valence-electron chi connectivity index (χ4n) is 3.49. The minimum Gasteiger partial charge on any atom is -0.373 e. The topological polar surface area (TPSA) is 23.5 Å². The highest BCUT2D eigenvalue weighted by Gasteiger charge is 2.48. The zero-order valence-electron chi connectivity index (χ0n) is 14.2. The summed E-state index contributed by atoms with van der Waals surface area (Å²) in [6, 6.07) is 9.99. The Morgan fingerprint density at radius 1 is 1.14 bits per heavy atom. The minimum atomic E-state index is -1.04. The van der Waals surface area contributed by atoms with E-state index in [9.17, 15) is 5.11 Å². The Labute approximate surface area is 135 Å². The van der Waals surface area contributed by atoms with Crippen molar-refractivity contribution >= 4 is 0 Å². The number of aliphatic hydroxyl groups is 1. The molecule has 1 aliphatic rings. The predicted molar refractivity (Wildman–Crippen MR) is 92.5 cm³/mol. The van der Waals surface area contributed by atoms with Crippen molar-refractivity contribution in [3.05, 3.63) is 35.9 Å². The van der Waals surface area contributed by atoms with Crippen molar-refractivity contribution in [1.29, 1.82) is 0 Å². The summed E-state index contributed by atoms with van der Waals surface area (Å²) in [6.07, 6.45) is 4.45. The molecule has 1 aromatic rings.